The van der Waals surface area contributed by atoms with E-state index in [1.165, 1.54) is 51.4 Å². The van der Waals surface area contributed by atoms with Crippen LogP contribution < -0.4 is 0 Å². The van der Waals surface area contributed by atoms with Crippen LogP contribution in [0.4, 0.5) is 0 Å². The Morgan fingerprint density at radius 2 is 1.35 bits per heavy atom. The zero-order chi connectivity index (χ0) is 22.7. The van der Waals surface area contributed by atoms with Crippen molar-refractivity contribution in [3.05, 3.63) is 11.6 Å². The molecule has 0 saturated heterocycles. The van der Waals surface area contributed by atoms with Crippen LogP contribution in [0.15, 0.2) is 11.6 Å². The fraction of sp³-hybridized carbons (Fsp3) is 0.900. The summed E-state index contributed by atoms with van der Waals surface area (Å²) >= 11 is 0. The molecule has 0 aliphatic heterocycles. The van der Waals surface area contributed by atoms with E-state index >= 15 is 0 Å². The number of fused-ring (bicyclic) bond motifs is 7. The molecule has 174 valence electrons. The predicted octanol–water partition coefficient (Wildman–Crippen LogP) is 8.38. The lowest BCUT2D eigenvalue weighted by atomic mass is 9.35. The molecule has 1 nitrogen and oxygen atoms in total. The molecule has 0 bridgehead atoms. The van der Waals surface area contributed by atoms with Crippen molar-refractivity contribution in [2.75, 3.05) is 0 Å². The van der Waals surface area contributed by atoms with Gasteiger partial charge >= 0.3 is 0 Å². The Hall–Kier alpha value is -0.590. The maximum absolute atomic E-state index is 12.9. The van der Waals surface area contributed by atoms with Crippen LogP contribution in [-0.2, 0) is 4.79 Å². The lowest BCUT2D eigenvalue weighted by Gasteiger charge is -2.69. The zero-order valence-corrected chi connectivity index (χ0v) is 21.8. The molecule has 4 saturated carbocycles. The second-order valence-corrected chi connectivity index (χ2v) is 15.1. The molecule has 0 unspecified atom stereocenters. The Kier molecular flexibility index (Phi) is 4.51. The van der Waals surface area contributed by atoms with Gasteiger partial charge in [0, 0.05) is 11.8 Å². The second kappa shape index (κ2) is 6.29. The summed E-state index contributed by atoms with van der Waals surface area (Å²) in [5.74, 6) is 2.66. The molecule has 0 amide bonds. The molecule has 4 fully saturated rings. The summed E-state index contributed by atoms with van der Waals surface area (Å²) in [7, 11) is 0. The van der Waals surface area contributed by atoms with Gasteiger partial charge in [0.1, 0.15) is 5.78 Å². The number of hydrogen-bond acceptors (Lipinski definition) is 1. The Balaban J connectivity index is 1.56. The van der Waals surface area contributed by atoms with Crippen LogP contribution in [0.1, 0.15) is 120 Å². The van der Waals surface area contributed by atoms with Crippen molar-refractivity contribution in [3.63, 3.8) is 0 Å². The lowest BCUT2D eigenvalue weighted by molar-refractivity contribution is -0.168. The third-order valence-corrected chi connectivity index (χ3v) is 12.5. The van der Waals surface area contributed by atoms with Crippen molar-refractivity contribution < 1.29 is 4.79 Å². The van der Waals surface area contributed by atoms with Crippen LogP contribution in [0.5, 0.6) is 0 Å². The van der Waals surface area contributed by atoms with Gasteiger partial charge in [0.15, 0.2) is 0 Å². The molecule has 5 aliphatic rings. The van der Waals surface area contributed by atoms with Gasteiger partial charge in [0.05, 0.1) is 0 Å². The van der Waals surface area contributed by atoms with Crippen molar-refractivity contribution in [2.24, 2.45) is 50.2 Å². The van der Waals surface area contributed by atoms with Gasteiger partial charge in [-0.15, -0.1) is 0 Å². The first-order chi connectivity index (χ1) is 14.2. The Morgan fingerprint density at radius 3 is 2.03 bits per heavy atom. The highest BCUT2D eigenvalue weighted by molar-refractivity contribution is 5.85. The SMILES string of the molecule is CC1(C)CC[C@@]2(C)CC=C3[C@](C)(CC[C@@H]4[C@@]5(C)CCC(=O)C(C)(C)[C@@H]5CC[C@]34C)[C@H]2C1. The molecule has 0 aromatic heterocycles. The quantitative estimate of drug-likeness (QED) is 0.357. The molecule has 0 aromatic rings. The average Bonchev–Trinajstić information content (AvgIpc) is 2.66. The van der Waals surface area contributed by atoms with Gasteiger partial charge in [-0.05, 0) is 103 Å². The normalized spacial score (nSPS) is 52.8. The van der Waals surface area contributed by atoms with Crippen LogP contribution in [0, 0.1) is 50.2 Å². The number of carbonyl (C=O) groups is 1. The summed E-state index contributed by atoms with van der Waals surface area (Å²) in [4.78, 5) is 12.9. The van der Waals surface area contributed by atoms with Gasteiger partial charge < -0.3 is 0 Å². The summed E-state index contributed by atoms with van der Waals surface area (Å²) in [6.45, 7) is 20.1. The topological polar surface area (TPSA) is 17.1 Å². The van der Waals surface area contributed by atoms with Crippen molar-refractivity contribution in [1.82, 2.24) is 0 Å². The predicted molar refractivity (Wildman–Crippen MR) is 130 cm³/mol. The van der Waals surface area contributed by atoms with E-state index in [1.54, 1.807) is 0 Å². The van der Waals surface area contributed by atoms with Crippen LogP contribution in [-0.4, -0.2) is 5.78 Å². The Morgan fingerprint density at radius 1 is 0.742 bits per heavy atom. The molecule has 0 N–H and O–H groups in total. The number of rotatable bonds is 0. The average molecular weight is 425 g/mol. The largest absolute Gasteiger partial charge is 0.299 e. The van der Waals surface area contributed by atoms with E-state index in [4.69, 9.17) is 0 Å². The lowest BCUT2D eigenvalue weighted by Crippen LogP contribution is -2.62. The fourth-order valence-electron chi connectivity index (χ4n) is 10.7. The molecule has 5 rings (SSSR count). The van der Waals surface area contributed by atoms with Gasteiger partial charge in [-0.1, -0.05) is 67.0 Å². The minimum Gasteiger partial charge on any atom is -0.299 e. The maximum Gasteiger partial charge on any atom is 0.138 e. The third-order valence-electron chi connectivity index (χ3n) is 12.5. The van der Waals surface area contributed by atoms with Crippen molar-refractivity contribution >= 4 is 5.78 Å². The molecule has 0 spiro atoms. The first-order valence-electron chi connectivity index (χ1n) is 13.4. The molecule has 1 heteroatoms. The van der Waals surface area contributed by atoms with Gasteiger partial charge in [0.2, 0.25) is 0 Å². The van der Waals surface area contributed by atoms with E-state index in [1.807, 2.05) is 5.57 Å². The van der Waals surface area contributed by atoms with E-state index in [2.05, 4.69) is 61.5 Å². The molecule has 5 aliphatic carbocycles. The summed E-state index contributed by atoms with van der Waals surface area (Å²) < 4.78 is 0. The summed E-state index contributed by atoms with van der Waals surface area (Å²) in [6, 6.07) is 0. The second-order valence-electron chi connectivity index (χ2n) is 15.1. The smallest absolute Gasteiger partial charge is 0.138 e. The van der Waals surface area contributed by atoms with E-state index in [0.717, 1.165) is 24.7 Å². The number of ketones is 1. The van der Waals surface area contributed by atoms with Gasteiger partial charge in [-0.25, -0.2) is 0 Å². The first-order valence-corrected chi connectivity index (χ1v) is 13.4. The van der Waals surface area contributed by atoms with Crippen LogP contribution >= 0.6 is 0 Å². The van der Waals surface area contributed by atoms with Crippen LogP contribution in [0.3, 0.4) is 0 Å². The first kappa shape index (κ1) is 22.2. The van der Waals surface area contributed by atoms with E-state index in [9.17, 15) is 4.79 Å². The molecular formula is C30H48O. The minimum atomic E-state index is -0.137. The Labute approximate surface area is 192 Å². The van der Waals surface area contributed by atoms with Crippen LogP contribution in [0.25, 0.3) is 0 Å². The van der Waals surface area contributed by atoms with E-state index in [-0.39, 0.29) is 5.41 Å². The molecule has 0 heterocycles. The zero-order valence-electron chi connectivity index (χ0n) is 21.8. The highest BCUT2D eigenvalue weighted by atomic mass is 16.1. The number of Topliss-reactive ketones (excluding diaryl/α,β-unsaturated/α-hetero) is 1. The molecule has 31 heavy (non-hydrogen) atoms. The summed E-state index contributed by atoms with van der Waals surface area (Å²) in [5.41, 5.74) is 3.73. The monoisotopic (exact) mass is 424 g/mol. The maximum atomic E-state index is 12.9. The molecule has 0 aromatic carbocycles. The highest BCUT2D eigenvalue weighted by Gasteiger charge is 2.66. The standard InChI is InChI=1S/C30H48O/c1-25(2)17-18-27(5)13-9-21-29(7)14-10-20-26(3,4)24(31)12-16-28(20,6)22(29)11-15-30(21,8)23(27)19-25/h9,20,22-23H,10-19H2,1-8H3/t20-,22+,23-,27+,28-,29+,30-/m0/s1. The van der Waals surface area contributed by atoms with Crippen molar-refractivity contribution in [2.45, 2.75) is 120 Å². The van der Waals surface area contributed by atoms with Crippen molar-refractivity contribution in [3.8, 4) is 0 Å². The third kappa shape index (κ3) is 2.76. The van der Waals surface area contributed by atoms with E-state index in [0.29, 0.717) is 38.8 Å². The highest BCUT2D eigenvalue weighted by Crippen LogP contribution is 2.74. The minimum absolute atomic E-state index is 0.137. The van der Waals surface area contributed by atoms with Gasteiger partial charge in [0.25, 0.3) is 0 Å². The molecule has 7 atom stereocenters. The van der Waals surface area contributed by atoms with Crippen LogP contribution in [0.2, 0.25) is 0 Å². The molecular weight excluding hydrogens is 376 g/mol. The number of carbonyl (C=O) groups excluding carboxylic acids is 1. The Bertz CT molecular complexity index is 831. The van der Waals surface area contributed by atoms with Gasteiger partial charge in [-0.3, -0.25) is 4.79 Å². The summed E-state index contributed by atoms with van der Waals surface area (Å²) in [6.07, 6.45) is 15.5. The molecule has 0 radical (unpaired) electrons. The number of allylic oxidation sites excluding steroid dienone is 2. The van der Waals surface area contributed by atoms with Crippen molar-refractivity contribution in [1.29, 1.82) is 0 Å². The number of hydrogen-bond donors (Lipinski definition) is 0. The van der Waals surface area contributed by atoms with Gasteiger partial charge in [-0.2, -0.15) is 0 Å². The summed E-state index contributed by atoms with van der Waals surface area (Å²) in [5, 5.41) is 0. The fourth-order valence-corrected chi connectivity index (χ4v) is 10.7. The van der Waals surface area contributed by atoms with E-state index < -0.39 is 0 Å².